The minimum absolute atomic E-state index is 0.165. The van der Waals surface area contributed by atoms with E-state index in [2.05, 4.69) is 51.3 Å². The van der Waals surface area contributed by atoms with Crippen molar-refractivity contribution < 1.29 is 5.11 Å². The number of piperidine rings is 1. The van der Waals surface area contributed by atoms with Crippen molar-refractivity contribution in [3.8, 4) is 11.1 Å². The molecule has 4 heteroatoms. The fourth-order valence-corrected chi connectivity index (χ4v) is 4.21. The number of aromatic amines is 1. The second kappa shape index (κ2) is 7.10. The maximum Gasteiger partial charge on any atom is 0.137 e. The molecule has 5 rings (SSSR count). The lowest BCUT2D eigenvalue weighted by molar-refractivity contribution is 0.0668. The number of nitrogens with zero attached hydrogens (tertiary/aromatic N) is 2. The molecular weight excluding hydrogens is 334 g/mol. The third kappa shape index (κ3) is 3.92. The van der Waals surface area contributed by atoms with Crippen LogP contribution >= 0.6 is 0 Å². The van der Waals surface area contributed by atoms with Crippen LogP contribution in [0.1, 0.15) is 36.9 Å². The summed E-state index contributed by atoms with van der Waals surface area (Å²) >= 11 is 0. The summed E-state index contributed by atoms with van der Waals surface area (Å²) in [4.78, 5) is 10.5. The second-order valence-corrected chi connectivity index (χ2v) is 8.33. The summed E-state index contributed by atoms with van der Waals surface area (Å²) in [7, 11) is 0. The number of H-pyrrole nitrogens is 1. The standard InChI is InChI=1S/C23H27N3O/c27-22-2-1-9-26(15-22)14-17-5-7-18(8-6-17)20-11-19-12-21(10-16-3-4-16)25-23(19)24-13-20/h5-8,11-13,16,22,27H,1-4,9-10,14-15H2,(H,24,25). The summed E-state index contributed by atoms with van der Waals surface area (Å²) in [6.07, 6.45) is 7.73. The van der Waals surface area contributed by atoms with Crippen LogP contribution in [0.5, 0.6) is 0 Å². The van der Waals surface area contributed by atoms with Crippen LogP contribution in [0.25, 0.3) is 22.2 Å². The van der Waals surface area contributed by atoms with Gasteiger partial charge in [0, 0.05) is 35.9 Å². The Hall–Kier alpha value is -2.17. The molecule has 2 N–H and O–H groups in total. The highest BCUT2D eigenvalue weighted by atomic mass is 16.3. The van der Waals surface area contributed by atoms with Gasteiger partial charge in [0.1, 0.15) is 5.65 Å². The Bertz CT molecular complexity index is 926. The molecule has 2 aliphatic rings. The third-order valence-corrected chi connectivity index (χ3v) is 5.91. The smallest absolute Gasteiger partial charge is 0.137 e. The van der Waals surface area contributed by atoms with Gasteiger partial charge >= 0.3 is 0 Å². The maximum atomic E-state index is 9.84. The van der Waals surface area contributed by atoms with E-state index in [1.54, 1.807) is 0 Å². The first-order valence-electron chi connectivity index (χ1n) is 10.2. The Labute approximate surface area is 160 Å². The number of likely N-dealkylation sites (tertiary alicyclic amines) is 1. The number of benzene rings is 1. The number of nitrogens with one attached hydrogen (secondary N) is 1. The SMILES string of the molecule is OC1CCCN(Cc2ccc(-c3cnc4[nH]c(CC5CC5)cc4c3)cc2)C1. The summed E-state index contributed by atoms with van der Waals surface area (Å²) < 4.78 is 0. The predicted octanol–water partition coefficient (Wildman–Crippen LogP) is 4.14. The molecule has 140 valence electrons. The average Bonchev–Trinajstić information content (AvgIpc) is 3.38. The lowest BCUT2D eigenvalue weighted by Crippen LogP contribution is -2.37. The van der Waals surface area contributed by atoms with Crippen molar-refractivity contribution in [2.45, 2.75) is 44.8 Å². The number of fused-ring (bicyclic) bond motifs is 1. The van der Waals surface area contributed by atoms with Gasteiger partial charge in [-0.25, -0.2) is 4.98 Å². The molecule has 1 unspecified atom stereocenters. The van der Waals surface area contributed by atoms with E-state index in [1.165, 1.54) is 40.6 Å². The van der Waals surface area contributed by atoms with Gasteiger partial charge in [0.15, 0.2) is 0 Å². The largest absolute Gasteiger partial charge is 0.392 e. The van der Waals surface area contributed by atoms with E-state index in [1.807, 2.05) is 6.20 Å². The lowest BCUT2D eigenvalue weighted by Gasteiger charge is -2.29. The molecule has 3 aromatic rings. The van der Waals surface area contributed by atoms with Gasteiger partial charge in [-0.3, -0.25) is 4.90 Å². The topological polar surface area (TPSA) is 52.1 Å². The van der Waals surface area contributed by atoms with Crippen molar-refractivity contribution in [2.75, 3.05) is 13.1 Å². The first kappa shape index (κ1) is 17.0. The van der Waals surface area contributed by atoms with Gasteiger partial charge in [0.2, 0.25) is 0 Å². The Morgan fingerprint density at radius 1 is 1.07 bits per heavy atom. The van der Waals surface area contributed by atoms with Crippen molar-refractivity contribution in [1.29, 1.82) is 0 Å². The van der Waals surface area contributed by atoms with Gasteiger partial charge in [0.05, 0.1) is 6.10 Å². The van der Waals surface area contributed by atoms with Crippen LogP contribution in [-0.2, 0) is 13.0 Å². The third-order valence-electron chi connectivity index (χ3n) is 5.91. The van der Waals surface area contributed by atoms with E-state index in [0.29, 0.717) is 0 Å². The number of hydrogen-bond donors (Lipinski definition) is 2. The minimum Gasteiger partial charge on any atom is -0.392 e. The van der Waals surface area contributed by atoms with E-state index >= 15 is 0 Å². The van der Waals surface area contributed by atoms with Crippen LogP contribution < -0.4 is 0 Å². The van der Waals surface area contributed by atoms with Crippen LogP contribution in [0.3, 0.4) is 0 Å². The van der Waals surface area contributed by atoms with Crippen molar-refractivity contribution in [3.63, 3.8) is 0 Å². The van der Waals surface area contributed by atoms with E-state index in [0.717, 1.165) is 50.5 Å². The summed E-state index contributed by atoms with van der Waals surface area (Å²) in [6.45, 7) is 2.78. The highest BCUT2D eigenvalue weighted by Gasteiger charge is 2.22. The van der Waals surface area contributed by atoms with E-state index in [9.17, 15) is 5.11 Å². The molecule has 27 heavy (non-hydrogen) atoms. The van der Waals surface area contributed by atoms with Crippen molar-refractivity contribution >= 4 is 11.0 Å². The zero-order valence-electron chi connectivity index (χ0n) is 15.7. The predicted molar refractivity (Wildman–Crippen MR) is 108 cm³/mol. The van der Waals surface area contributed by atoms with Crippen LogP contribution in [0.2, 0.25) is 0 Å². The van der Waals surface area contributed by atoms with Gasteiger partial charge in [-0.2, -0.15) is 0 Å². The lowest BCUT2D eigenvalue weighted by atomic mass is 10.0. The molecule has 0 amide bonds. The molecule has 2 aromatic heterocycles. The molecule has 1 aliphatic carbocycles. The fraction of sp³-hybridized carbons (Fsp3) is 0.435. The summed E-state index contributed by atoms with van der Waals surface area (Å²) in [5.74, 6) is 0.881. The minimum atomic E-state index is -0.165. The van der Waals surface area contributed by atoms with Crippen LogP contribution in [0.15, 0.2) is 42.6 Å². The summed E-state index contributed by atoms with van der Waals surface area (Å²) in [6, 6.07) is 13.3. The highest BCUT2D eigenvalue weighted by molar-refractivity contribution is 5.82. The zero-order chi connectivity index (χ0) is 18.2. The van der Waals surface area contributed by atoms with E-state index in [4.69, 9.17) is 0 Å². The molecule has 4 nitrogen and oxygen atoms in total. The first-order valence-corrected chi connectivity index (χ1v) is 10.2. The number of rotatable bonds is 5. The van der Waals surface area contributed by atoms with Crippen LogP contribution in [-0.4, -0.2) is 39.2 Å². The summed E-state index contributed by atoms with van der Waals surface area (Å²) in [5, 5.41) is 11.0. The molecule has 1 atom stereocenters. The number of aromatic nitrogens is 2. The zero-order valence-corrected chi connectivity index (χ0v) is 15.7. The van der Waals surface area contributed by atoms with Crippen LogP contribution in [0, 0.1) is 5.92 Å². The van der Waals surface area contributed by atoms with Crippen molar-refractivity contribution in [3.05, 3.63) is 53.9 Å². The van der Waals surface area contributed by atoms with Crippen molar-refractivity contribution in [1.82, 2.24) is 14.9 Å². The fourth-order valence-electron chi connectivity index (χ4n) is 4.21. The van der Waals surface area contributed by atoms with Gasteiger partial charge in [-0.05, 0) is 67.8 Å². The number of aliphatic hydroxyl groups is 1. The van der Waals surface area contributed by atoms with Gasteiger partial charge in [-0.1, -0.05) is 24.3 Å². The quantitative estimate of drug-likeness (QED) is 0.718. The average molecular weight is 361 g/mol. The summed E-state index contributed by atoms with van der Waals surface area (Å²) in [5.41, 5.74) is 5.98. The van der Waals surface area contributed by atoms with Crippen molar-refractivity contribution in [2.24, 2.45) is 5.92 Å². The highest BCUT2D eigenvalue weighted by Crippen LogP contribution is 2.33. The number of aliphatic hydroxyl groups excluding tert-OH is 1. The number of β-amino-alcohol motifs (C(OH)–C–C–N with tert-alkyl or cyclic N) is 1. The maximum absolute atomic E-state index is 9.84. The van der Waals surface area contributed by atoms with Crippen LogP contribution in [0.4, 0.5) is 0 Å². The molecule has 1 saturated heterocycles. The van der Waals surface area contributed by atoms with Gasteiger partial charge in [0.25, 0.3) is 0 Å². The molecule has 3 heterocycles. The second-order valence-electron chi connectivity index (χ2n) is 8.33. The Kier molecular flexibility index (Phi) is 4.46. The Morgan fingerprint density at radius 3 is 2.70 bits per heavy atom. The van der Waals surface area contributed by atoms with E-state index in [-0.39, 0.29) is 6.10 Å². The van der Waals surface area contributed by atoms with Gasteiger partial charge < -0.3 is 10.1 Å². The molecule has 1 aliphatic heterocycles. The Morgan fingerprint density at radius 2 is 1.93 bits per heavy atom. The first-order chi connectivity index (χ1) is 13.2. The number of hydrogen-bond acceptors (Lipinski definition) is 3. The molecule has 0 bridgehead atoms. The molecule has 1 aromatic carbocycles. The molecule has 1 saturated carbocycles. The monoisotopic (exact) mass is 361 g/mol. The Balaban J connectivity index is 1.31. The number of pyridine rings is 1. The molecule has 0 radical (unpaired) electrons. The van der Waals surface area contributed by atoms with E-state index < -0.39 is 0 Å². The van der Waals surface area contributed by atoms with Gasteiger partial charge in [-0.15, -0.1) is 0 Å². The molecule has 2 fully saturated rings. The normalized spacial score (nSPS) is 21.0. The molecular formula is C23H27N3O. The molecule has 0 spiro atoms.